The Morgan fingerprint density at radius 1 is 1.07 bits per heavy atom. The second kappa shape index (κ2) is 8.57. The molecule has 2 aliphatic rings. The van der Waals surface area contributed by atoms with Crippen molar-refractivity contribution in [3.8, 4) is 0 Å². The molecule has 0 aromatic heterocycles. The highest BCUT2D eigenvalue weighted by Gasteiger charge is 2.32. The molecule has 0 unspecified atom stereocenters. The van der Waals surface area contributed by atoms with Crippen LogP contribution in [0.5, 0.6) is 0 Å². The van der Waals surface area contributed by atoms with Gasteiger partial charge in [0.15, 0.2) is 0 Å². The molecule has 0 spiro atoms. The Morgan fingerprint density at radius 2 is 1.83 bits per heavy atom. The van der Waals surface area contributed by atoms with Crippen LogP contribution in [0.2, 0.25) is 0 Å². The van der Waals surface area contributed by atoms with Crippen LogP contribution in [0.3, 0.4) is 0 Å². The van der Waals surface area contributed by atoms with E-state index >= 15 is 0 Å². The summed E-state index contributed by atoms with van der Waals surface area (Å²) in [5, 5.41) is 3.00. The van der Waals surface area contributed by atoms with E-state index in [9.17, 15) is 14.4 Å². The lowest BCUT2D eigenvalue weighted by Gasteiger charge is -2.21. The quantitative estimate of drug-likeness (QED) is 0.718. The average molecular weight is 406 g/mol. The Balaban J connectivity index is 1.33. The zero-order valence-corrected chi connectivity index (χ0v) is 17.1. The summed E-state index contributed by atoms with van der Waals surface area (Å²) in [6, 6.07) is 16.0. The molecule has 2 aromatic carbocycles. The number of likely N-dealkylation sites (N-methyl/N-ethyl adjacent to an activating group) is 1. The third-order valence-corrected chi connectivity index (χ3v) is 5.65. The van der Waals surface area contributed by atoms with Gasteiger partial charge in [0.2, 0.25) is 11.8 Å². The van der Waals surface area contributed by atoms with Crippen molar-refractivity contribution >= 4 is 29.2 Å². The van der Waals surface area contributed by atoms with Crippen molar-refractivity contribution in [2.24, 2.45) is 0 Å². The maximum absolute atomic E-state index is 12.5. The second-order valence-electron chi connectivity index (χ2n) is 7.79. The lowest BCUT2D eigenvalue weighted by Crippen LogP contribution is -2.33. The zero-order chi connectivity index (χ0) is 21.1. The molecule has 4 amide bonds. The number of benzene rings is 2. The van der Waals surface area contributed by atoms with Crippen molar-refractivity contribution in [3.05, 3.63) is 59.7 Å². The number of imide groups is 1. The highest BCUT2D eigenvalue weighted by molar-refractivity contribution is 6.01. The molecule has 2 heterocycles. The maximum atomic E-state index is 12.5. The van der Waals surface area contributed by atoms with Gasteiger partial charge in [-0.1, -0.05) is 36.4 Å². The van der Waals surface area contributed by atoms with Crippen LogP contribution in [0, 0.1) is 0 Å². The van der Waals surface area contributed by atoms with Gasteiger partial charge in [-0.3, -0.25) is 14.5 Å². The topological polar surface area (TPSA) is 73.0 Å². The van der Waals surface area contributed by atoms with Gasteiger partial charge in [0, 0.05) is 44.5 Å². The van der Waals surface area contributed by atoms with Crippen LogP contribution in [-0.2, 0) is 22.6 Å². The third-order valence-electron chi connectivity index (χ3n) is 5.65. The molecule has 7 nitrogen and oxygen atoms in total. The minimum absolute atomic E-state index is 0.109. The highest BCUT2D eigenvalue weighted by atomic mass is 16.2. The summed E-state index contributed by atoms with van der Waals surface area (Å²) in [6.45, 7) is 2.07. The summed E-state index contributed by atoms with van der Waals surface area (Å²) in [4.78, 5) is 41.1. The van der Waals surface area contributed by atoms with E-state index in [1.165, 1.54) is 21.1 Å². The predicted octanol–water partition coefficient (Wildman–Crippen LogP) is 2.86. The molecule has 1 fully saturated rings. The average Bonchev–Trinajstić information content (AvgIpc) is 3.25. The summed E-state index contributed by atoms with van der Waals surface area (Å²) >= 11 is 0. The van der Waals surface area contributed by atoms with Crippen molar-refractivity contribution in [3.63, 3.8) is 0 Å². The Hall–Kier alpha value is -3.35. The van der Waals surface area contributed by atoms with E-state index in [2.05, 4.69) is 34.5 Å². The number of nitrogens with zero attached hydrogens (tertiary/aromatic N) is 3. The van der Waals surface area contributed by atoms with E-state index in [4.69, 9.17) is 0 Å². The molecular weight excluding hydrogens is 380 g/mol. The standard InChI is InChI=1S/C23H26N4O3/c1-25-16-22(29)27(23(25)30)13-6-11-21(28)24-19-9-4-2-8-18(19)15-26-14-12-17-7-3-5-10-20(17)26/h2-5,7-10H,6,11-16H2,1H3,(H,24,28). The molecule has 0 aliphatic carbocycles. The molecule has 2 aliphatic heterocycles. The van der Waals surface area contributed by atoms with Gasteiger partial charge in [0.25, 0.3) is 0 Å². The summed E-state index contributed by atoms with van der Waals surface area (Å²) in [5.74, 6) is -0.323. The third kappa shape index (κ3) is 4.15. The first-order valence-electron chi connectivity index (χ1n) is 10.3. The molecule has 0 radical (unpaired) electrons. The number of hydrogen-bond donors (Lipinski definition) is 1. The van der Waals surface area contributed by atoms with Crippen LogP contribution in [0.25, 0.3) is 0 Å². The molecule has 2 aromatic rings. The summed E-state index contributed by atoms with van der Waals surface area (Å²) < 4.78 is 0. The fraction of sp³-hybridized carbons (Fsp3) is 0.348. The molecular formula is C23H26N4O3. The molecule has 0 atom stereocenters. The summed E-state index contributed by atoms with van der Waals surface area (Å²) in [5.41, 5.74) is 4.48. The first kappa shape index (κ1) is 19.9. The Kier molecular flexibility index (Phi) is 5.70. The number of para-hydroxylation sites is 2. The molecule has 0 bridgehead atoms. The van der Waals surface area contributed by atoms with Crippen molar-refractivity contribution in [1.29, 1.82) is 0 Å². The van der Waals surface area contributed by atoms with Crippen LogP contribution in [-0.4, -0.2) is 54.3 Å². The SMILES string of the molecule is CN1CC(=O)N(CCCC(=O)Nc2ccccc2CN2CCc3ccccc32)C1=O. The summed E-state index contributed by atoms with van der Waals surface area (Å²) in [7, 11) is 1.60. The Labute approximate surface area is 176 Å². The maximum Gasteiger partial charge on any atom is 0.326 e. The normalized spacial score (nSPS) is 15.7. The van der Waals surface area contributed by atoms with Crippen molar-refractivity contribution in [1.82, 2.24) is 9.80 Å². The summed E-state index contributed by atoms with van der Waals surface area (Å²) in [6.07, 6.45) is 1.73. The molecule has 156 valence electrons. The number of rotatable bonds is 7. The molecule has 0 saturated carbocycles. The fourth-order valence-electron chi connectivity index (χ4n) is 4.06. The first-order chi connectivity index (χ1) is 14.5. The lowest BCUT2D eigenvalue weighted by atomic mass is 10.1. The van der Waals surface area contributed by atoms with E-state index in [-0.39, 0.29) is 37.4 Å². The van der Waals surface area contributed by atoms with Gasteiger partial charge >= 0.3 is 6.03 Å². The second-order valence-corrected chi connectivity index (χ2v) is 7.79. The number of urea groups is 1. The van der Waals surface area contributed by atoms with E-state index in [1.54, 1.807) is 7.05 Å². The van der Waals surface area contributed by atoms with Gasteiger partial charge in [-0.2, -0.15) is 0 Å². The lowest BCUT2D eigenvalue weighted by molar-refractivity contribution is -0.125. The molecule has 30 heavy (non-hydrogen) atoms. The van der Waals surface area contributed by atoms with Gasteiger partial charge in [0.1, 0.15) is 6.54 Å². The van der Waals surface area contributed by atoms with Crippen LogP contribution >= 0.6 is 0 Å². The van der Waals surface area contributed by atoms with Crippen LogP contribution < -0.4 is 10.2 Å². The van der Waals surface area contributed by atoms with Gasteiger partial charge < -0.3 is 15.1 Å². The number of anilines is 2. The van der Waals surface area contributed by atoms with Gasteiger partial charge in [-0.05, 0) is 36.1 Å². The minimum Gasteiger partial charge on any atom is -0.367 e. The van der Waals surface area contributed by atoms with E-state index < -0.39 is 0 Å². The minimum atomic E-state index is -0.295. The van der Waals surface area contributed by atoms with Crippen molar-refractivity contribution in [2.45, 2.75) is 25.8 Å². The van der Waals surface area contributed by atoms with Crippen LogP contribution in [0.4, 0.5) is 16.2 Å². The Bertz CT molecular complexity index is 974. The monoisotopic (exact) mass is 406 g/mol. The van der Waals surface area contributed by atoms with Gasteiger partial charge in [0.05, 0.1) is 0 Å². The Morgan fingerprint density at radius 3 is 2.63 bits per heavy atom. The number of nitrogens with one attached hydrogen (secondary N) is 1. The van der Waals surface area contributed by atoms with Crippen molar-refractivity contribution < 1.29 is 14.4 Å². The predicted molar refractivity (Wildman–Crippen MR) is 115 cm³/mol. The van der Waals surface area contributed by atoms with E-state index in [0.717, 1.165) is 30.8 Å². The number of carbonyl (C=O) groups is 3. The smallest absolute Gasteiger partial charge is 0.326 e. The molecule has 7 heteroatoms. The van der Waals surface area contributed by atoms with Crippen molar-refractivity contribution in [2.75, 3.05) is 36.9 Å². The number of hydrogen-bond acceptors (Lipinski definition) is 4. The van der Waals surface area contributed by atoms with Gasteiger partial charge in [-0.25, -0.2) is 4.79 Å². The van der Waals surface area contributed by atoms with E-state index in [0.29, 0.717) is 6.42 Å². The number of carbonyl (C=O) groups excluding carboxylic acids is 3. The fourth-order valence-corrected chi connectivity index (χ4v) is 4.06. The van der Waals surface area contributed by atoms with Gasteiger partial charge in [-0.15, -0.1) is 0 Å². The molecule has 1 N–H and O–H groups in total. The molecule has 4 rings (SSSR count). The highest BCUT2D eigenvalue weighted by Crippen LogP contribution is 2.30. The first-order valence-corrected chi connectivity index (χ1v) is 10.3. The number of amides is 4. The van der Waals surface area contributed by atoms with Crippen LogP contribution in [0.1, 0.15) is 24.0 Å². The molecule has 1 saturated heterocycles. The largest absolute Gasteiger partial charge is 0.367 e. The number of fused-ring (bicyclic) bond motifs is 1. The van der Waals surface area contributed by atoms with Crippen LogP contribution in [0.15, 0.2) is 48.5 Å². The zero-order valence-electron chi connectivity index (χ0n) is 17.1. The van der Waals surface area contributed by atoms with E-state index in [1.807, 2.05) is 24.3 Å².